The van der Waals surface area contributed by atoms with Crippen molar-refractivity contribution in [3.63, 3.8) is 0 Å². The number of hydrogen-bond donors (Lipinski definition) is 1. The van der Waals surface area contributed by atoms with Crippen molar-refractivity contribution in [2.75, 3.05) is 0 Å². The molecule has 1 N–H and O–H groups in total. The lowest BCUT2D eigenvalue weighted by Crippen LogP contribution is -2.05. The van der Waals surface area contributed by atoms with Gasteiger partial charge in [0.1, 0.15) is 0 Å². The fourth-order valence-electron chi connectivity index (χ4n) is 1.32. The molecule has 0 fully saturated rings. The van der Waals surface area contributed by atoms with Crippen molar-refractivity contribution in [2.45, 2.75) is 13.0 Å². The third kappa shape index (κ3) is 1.52. The van der Waals surface area contributed by atoms with Gasteiger partial charge in [-0.05, 0) is 19.1 Å². The minimum absolute atomic E-state index is 0.539. The molecule has 2 aromatic heterocycles. The maximum Gasteiger partial charge on any atom is 0.159 e. The average molecular weight is 189 g/mol. The zero-order valence-corrected chi connectivity index (χ0v) is 7.83. The van der Waals surface area contributed by atoms with Crippen LogP contribution in [0, 0.1) is 0 Å². The summed E-state index contributed by atoms with van der Waals surface area (Å²) in [5.41, 5.74) is 0.774. The van der Waals surface area contributed by atoms with Crippen LogP contribution in [-0.2, 0) is 0 Å². The molecule has 0 aliphatic rings. The number of pyridine rings is 1. The van der Waals surface area contributed by atoms with E-state index >= 15 is 0 Å². The summed E-state index contributed by atoms with van der Waals surface area (Å²) in [4.78, 5) is 4.18. The maximum atomic E-state index is 9.52. The van der Waals surface area contributed by atoms with Crippen LogP contribution in [0.4, 0.5) is 0 Å². The molecule has 0 aliphatic heterocycles. The molecule has 0 bridgehead atoms. The van der Waals surface area contributed by atoms with E-state index in [1.54, 1.807) is 36.3 Å². The van der Waals surface area contributed by atoms with Crippen LogP contribution in [0.5, 0.6) is 0 Å². The molecule has 72 valence electrons. The topological polar surface area (TPSA) is 50.9 Å². The largest absolute Gasteiger partial charge is 0.389 e. The van der Waals surface area contributed by atoms with Gasteiger partial charge in [0, 0.05) is 24.2 Å². The first-order chi connectivity index (χ1) is 6.79. The monoisotopic (exact) mass is 189 g/mol. The minimum atomic E-state index is -0.539. The van der Waals surface area contributed by atoms with E-state index in [9.17, 15) is 5.11 Å². The molecule has 0 amide bonds. The van der Waals surface area contributed by atoms with Crippen molar-refractivity contribution >= 4 is 0 Å². The van der Waals surface area contributed by atoms with E-state index in [2.05, 4.69) is 10.1 Å². The summed E-state index contributed by atoms with van der Waals surface area (Å²) in [6.07, 6.45) is 4.63. The van der Waals surface area contributed by atoms with Crippen LogP contribution < -0.4 is 0 Å². The van der Waals surface area contributed by atoms with Crippen molar-refractivity contribution in [2.24, 2.45) is 0 Å². The maximum absolute atomic E-state index is 9.52. The third-order valence-corrected chi connectivity index (χ3v) is 1.99. The molecule has 0 aliphatic carbocycles. The molecule has 1 atom stereocenters. The van der Waals surface area contributed by atoms with E-state index in [0.29, 0.717) is 5.82 Å². The molecule has 1 unspecified atom stereocenters. The predicted molar refractivity (Wildman–Crippen MR) is 52.0 cm³/mol. The van der Waals surface area contributed by atoms with Crippen LogP contribution in [0.3, 0.4) is 0 Å². The highest BCUT2D eigenvalue weighted by Gasteiger charge is 2.09. The summed E-state index contributed by atoms with van der Waals surface area (Å²) in [6, 6.07) is 5.46. The second-order valence-corrected chi connectivity index (χ2v) is 3.04. The number of hydrogen-bond acceptors (Lipinski definition) is 3. The van der Waals surface area contributed by atoms with Gasteiger partial charge in [0.25, 0.3) is 0 Å². The number of nitrogens with zero attached hydrogens (tertiary/aromatic N) is 3. The van der Waals surface area contributed by atoms with E-state index in [4.69, 9.17) is 0 Å². The summed E-state index contributed by atoms with van der Waals surface area (Å²) in [7, 11) is 0. The Morgan fingerprint density at radius 3 is 2.86 bits per heavy atom. The second kappa shape index (κ2) is 3.59. The van der Waals surface area contributed by atoms with Gasteiger partial charge in [0.05, 0.1) is 6.10 Å². The quantitative estimate of drug-likeness (QED) is 0.775. The molecule has 0 saturated heterocycles. The first kappa shape index (κ1) is 8.90. The van der Waals surface area contributed by atoms with Crippen LogP contribution in [0.15, 0.2) is 36.8 Å². The molecular weight excluding hydrogens is 178 g/mol. The van der Waals surface area contributed by atoms with Crippen molar-refractivity contribution < 1.29 is 5.11 Å². The Balaban J connectivity index is 2.53. The summed E-state index contributed by atoms with van der Waals surface area (Å²) in [5, 5.41) is 13.6. The van der Waals surface area contributed by atoms with E-state index in [1.165, 1.54) is 0 Å². The Bertz CT molecular complexity index is 409. The molecule has 0 aromatic carbocycles. The zero-order valence-electron chi connectivity index (χ0n) is 7.83. The minimum Gasteiger partial charge on any atom is -0.389 e. The molecule has 0 radical (unpaired) electrons. The molecule has 0 spiro atoms. The number of aliphatic hydroxyl groups excluding tert-OH is 1. The first-order valence-electron chi connectivity index (χ1n) is 4.42. The van der Waals surface area contributed by atoms with Crippen LogP contribution in [0.2, 0.25) is 0 Å². The van der Waals surface area contributed by atoms with Gasteiger partial charge in [0.15, 0.2) is 5.82 Å². The van der Waals surface area contributed by atoms with E-state index in [-0.39, 0.29) is 0 Å². The lowest BCUT2D eigenvalue weighted by atomic mass is 10.1. The van der Waals surface area contributed by atoms with Crippen molar-refractivity contribution in [1.29, 1.82) is 0 Å². The van der Waals surface area contributed by atoms with Crippen molar-refractivity contribution in [1.82, 2.24) is 14.8 Å². The van der Waals surface area contributed by atoms with Gasteiger partial charge in [-0.15, -0.1) is 0 Å². The van der Waals surface area contributed by atoms with Gasteiger partial charge in [-0.2, -0.15) is 5.10 Å². The van der Waals surface area contributed by atoms with Gasteiger partial charge >= 0.3 is 0 Å². The summed E-state index contributed by atoms with van der Waals surface area (Å²) in [5.74, 6) is 0.674. The Morgan fingerprint density at radius 1 is 1.36 bits per heavy atom. The SMILES string of the molecule is CC(O)c1cccnc1-n1cccn1. The molecule has 0 saturated carbocycles. The highest BCUT2D eigenvalue weighted by molar-refractivity contribution is 5.33. The van der Waals surface area contributed by atoms with Crippen molar-refractivity contribution in [3.8, 4) is 5.82 Å². The normalized spacial score (nSPS) is 12.7. The summed E-state index contributed by atoms with van der Waals surface area (Å²) >= 11 is 0. The van der Waals surface area contributed by atoms with Gasteiger partial charge in [-0.3, -0.25) is 0 Å². The van der Waals surface area contributed by atoms with Gasteiger partial charge in [0.2, 0.25) is 0 Å². The van der Waals surface area contributed by atoms with Gasteiger partial charge in [-0.25, -0.2) is 9.67 Å². The van der Waals surface area contributed by atoms with Gasteiger partial charge < -0.3 is 5.11 Å². The standard InChI is InChI=1S/C10H11N3O/c1-8(14)9-4-2-5-11-10(9)13-7-3-6-12-13/h2-8,14H,1H3. The van der Waals surface area contributed by atoms with Crippen LogP contribution in [-0.4, -0.2) is 19.9 Å². The van der Waals surface area contributed by atoms with Crippen LogP contribution >= 0.6 is 0 Å². The first-order valence-corrected chi connectivity index (χ1v) is 4.42. The van der Waals surface area contributed by atoms with Crippen molar-refractivity contribution in [3.05, 3.63) is 42.4 Å². The lowest BCUT2D eigenvalue weighted by molar-refractivity contribution is 0.198. The molecule has 4 heteroatoms. The van der Waals surface area contributed by atoms with E-state index in [1.807, 2.05) is 12.1 Å². The second-order valence-electron chi connectivity index (χ2n) is 3.04. The number of rotatable bonds is 2. The molecular formula is C10H11N3O. The molecule has 2 rings (SSSR count). The molecule has 2 heterocycles. The molecule has 2 aromatic rings. The smallest absolute Gasteiger partial charge is 0.159 e. The number of aliphatic hydroxyl groups is 1. The average Bonchev–Trinajstić information content (AvgIpc) is 2.70. The fraction of sp³-hybridized carbons (Fsp3) is 0.200. The lowest BCUT2D eigenvalue weighted by Gasteiger charge is -2.09. The van der Waals surface area contributed by atoms with Crippen LogP contribution in [0.25, 0.3) is 5.82 Å². The summed E-state index contributed by atoms with van der Waals surface area (Å²) in [6.45, 7) is 1.71. The van der Waals surface area contributed by atoms with E-state index in [0.717, 1.165) is 5.56 Å². The Hall–Kier alpha value is -1.68. The Labute approximate surface area is 81.8 Å². The summed E-state index contributed by atoms with van der Waals surface area (Å²) < 4.78 is 1.64. The Morgan fingerprint density at radius 2 is 2.21 bits per heavy atom. The van der Waals surface area contributed by atoms with E-state index < -0.39 is 6.10 Å². The Kier molecular flexibility index (Phi) is 2.28. The fourth-order valence-corrected chi connectivity index (χ4v) is 1.32. The number of aromatic nitrogens is 3. The van der Waals surface area contributed by atoms with Crippen LogP contribution in [0.1, 0.15) is 18.6 Å². The highest BCUT2D eigenvalue weighted by Crippen LogP contribution is 2.17. The predicted octanol–water partition coefficient (Wildman–Crippen LogP) is 1.32. The zero-order chi connectivity index (χ0) is 9.97. The highest BCUT2D eigenvalue weighted by atomic mass is 16.3. The van der Waals surface area contributed by atoms with Gasteiger partial charge in [-0.1, -0.05) is 6.07 Å². The molecule has 4 nitrogen and oxygen atoms in total. The third-order valence-electron chi connectivity index (χ3n) is 1.99. The molecule has 14 heavy (non-hydrogen) atoms.